The zero-order valence-electron chi connectivity index (χ0n) is 13.8. The topological polar surface area (TPSA) is 75.7 Å². The van der Waals surface area contributed by atoms with Crippen molar-refractivity contribution in [3.05, 3.63) is 52.0 Å². The largest absolute Gasteiger partial charge is 0.476 e. The number of sulfonamides is 1. The van der Waals surface area contributed by atoms with Gasteiger partial charge in [-0.2, -0.15) is 0 Å². The van der Waals surface area contributed by atoms with Gasteiger partial charge in [0, 0.05) is 10.2 Å². The fraction of sp³-hybridized carbons (Fsp3) is 0.235. The minimum atomic E-state index is -3.54. The van der Waals surface area contributed by atoms with Gasteiger partial charge in [-0.05, 0) is 53.2 Å². The highest BCUT2D eigenvalue weighted by Crippen LogP contribution is 2.35. The van der Waals surface area contributed by atoms with Gasteiger partial charge < -0.3 is 10.1 Å². The summed E-state index contributed by atoms with van der Waals surface area (Å²) in [6.45, 7) is 1.47. The van der Waals surface area contributed by atoms with Crippen molar-refractivity contribution in [1.82, 2.24) is 0 Å². The van der Waals surface area contributed by atoms with E-state index in [0.29, 0.717) is 26.6 Å². The van der Waals surface area contributed by atoms with E-state index in [4.69, 9.17) is 16.3 Å². The lowest BCUT2D eigenvalue weighted by molar-refractivity contribution is -0.122. The number of anilines is 2. The summed E-state index contributed by atoms with van der Waals surface area (Å²) in [6.07, 6.45) is -0.978. The molecule has 6 nitrogen and oxygen atoms in total. The molecule has 2 aromatic carbocycles. The van der Waals surface area contributed by atoms with E-state index < -0.39 is 22.0 Å². The summed E-state index contributed by atoms with van der Waals surface area (Å²) in [5, 5.41) is 3.16. The van der Waals surface area contributed by atoms with Crippen LogP contribution in [0.15, 0.2) is 46.9 Å². The van der Waals surface area contributed by atoms with Crippen molar-refractivity contribution < 1.29 is 17.9 Å². The van der Waals surface area contributed by atoms with Crippen molar-refractivity contribution in [3.63, 3.8) is 0 Å². The van der Waals surface area contributed by atoms with E-state index in [9.17, 15) is 13.2 Å². The van der Waals surface area contributed by atoms with E-state index in [1.807, 2.05) is 0 Å². The highest BCUT2D eigenvalue weighted by Gasteiger charge is 2.35. The van der Waals surface area contributed by atoms with Crippen molar-refractivity contribution >= 4 is 54.8 Å². The second-order valence-electron chi connectivity index (χ2n) is 5.62. The van der Waals surface area contributed by atoms with Crippen molar-refractivity contribution in [2.24, 2.45) is 0 Å². The smallest absolute Gasteiger partial charge is 0.267 e. The number of nitrogens with one attached hydrogen (secondary N) is 1. The second-order valence-corrected chi connectivity index (χ2v) is 9.07. The van der Waals surface area contributed by atoms with E-state index in [0.717, 1.165) is 0 Å². The molecule has 2 aromatic rings. The van der Waals surface area contributed by atoms with Crippen LogP contribution >= 0.6 is 27.5 Å². The Morgan fingerprint density at radius 2 is 2.08 bits per heavy atom. The Balaban J connectivity index is 1.87. The number of carbonyl (C=O) groups is 1. The number of fused-ring (bicyclic) bond motifs is 1. The number of benzene rings is 2. The first-order valence-electron chi connectivity index (χ1n) is 7.84. The number of ether oxygens (including phenoxy) is 1. The summed E-state index contributed by atoms with van der Waals surface area (Å²) in [4.78, 5) is 12.6. The van der Waals surface area contributed by atoms with Gasteiger partial charge in [0.15, 0.2) is 6.10 Å². The predicted molar refractivity (Wildman–Crippen MR) is 105 cm³/mol. The third kappa shape index (κ3) is 3.82. The first-order valence-corrected chi connectivity index (χ1v) is 10.6. The molecule has 1 unspecified atom stereocenters. The Morgan fingerprint density at radius 1 is 1.35 bits per heavy atom. The minimum absolute atomic E-state index is 0.0714. The molecule has 1 heterocycles. The number of hydrogen-bond acceptors (Lipinski definition) is 4. The number of carbonyl (C=O) groups excluding carboxylic acids is 1. The standard InChI is InChI=1S/C17H16BrClN2O4S/c1-2-26(23,24)21-10-16(25-15-6-4-3-5-14(15)21)17(22)20-11-7-8-12(18)13(19)9-11/h3-9,16H,2,10H2,1H3,(H,20,22). The highest BCUT2D eigenvalue weighted by molar-refractivity contribution is 9.10. The van der Waals surface area contributed by atoms with Crippen molar-refractivity contribution in [2.75, 3.05) is 21.9 Å². The zero-order chi connectivity index (χ0) is 18.9. The Kier molecular flexibility index (Phi) is 5.45. The minimum Gasteiger partial charge on any atom is -0.476 e. The third-order valence-electron chi connectivity index (χ3n) is 3.91. The number of hydrogen-bond donors (Lipinski definition) is 1. The van der Waals surface area contributed by atoms with Crippen molar-refractivity contribution in [1.29, 1.82) is 0 Å². The first-order chi connectivity index (χ1) is 12.3. The summed E-state index contributed by atoms with van der Waals surface area (Å²) < 4.78 is 32.5. The zero-order valence-corrected chi connectivity index (χ0v) is 16.9. The molecular weight excluding hydrogens is 444 g/mol. The van der Waals surface area contributed by atoms with Crippen LogP contribution in [0.25, 0.3) is 0 Å². The Hall–Kier alpha value is -1.77. The SMILES string of the molecule is CCS(=O)(=O)N1CC(C(=O)Nc2ccc(Br)c(Cl)c2)Oc2ccccc21. The second kappa shape index (κ2) is 7.46. The molecule has 138 valence electrons. The molecule has 0 radical (unpaired) electrons. The van der Waals surface area contributed by atoms with Gasteiger partial charge in [0.05, 0.1) is 23.0 Å². The van der Waals surface area contributed by atoms with Crippen LogP contribution in [0, 0.1) is 0 Å². The monoisotopic (exact) mass is 458 g/mol. The third-order valence-corrected chi connectivity index (χ3v) is 6.89. The average Bonchev–Trinajstić information content (AvgIpc) is 2.63. The molecule has 9 heteroatoms. The number of rotatable bonds is 4. The number of halogens is 2. The molecule has 0 fully saturated rings. The first kappa shape index (κ1) is 19.0. The Labute approximate surface area is 165 Å². The molecule has 1 aliphatic rings. The molecule has 0 saturated carbocycles. The van der Waals surface area contributed by atoms with Gasteiger partial charge in [-0.3, -0.25) is 9.10 Å². The predicted octanol–water partition coefficient (Wildman–Crippen LogP) is 3.66. The number of amides is 1. The van der Waals surface area contributed by atoms with E-state index in [2.05, 4.69) is 21.2 Å². The molecular formula is C17H16BrClN2O4S. The Morgan fingerprint density at radius 3 is 2.77 bits per heavy atom. The maximum Gasteiger partial charge on any atom is 0.267 e. The van der Waals surface area contributed by atoms with Crippen LogP contribution in [0.3, 0.4) is 0 Å². The van der Waals surface area contributed by atoms with Gasteiger partial charge >= 0.3 is 0 Å². The highest BCUT2D eigenvalue weighted by atomic mass is 79.9. The van der Waals surface area contributed by atoms with Crippen LogP contribution in [0.4, 0.5) is 11.4 Å². The fourth-order valence-electron chi connectivity index (χ4n) is 2.55. The molecule has 0 aromatic heterocycles. The van der Waals surface area contributed by atoms with Crippen LogP contribution in [-0.2, 0) is 14.8 Å². The molecule has 1 N–H and O–H groups in total. The van der Waals surface area contributed by atoms with Gasteiger partial charge in [0.1, 0.15) is 5.75 Å². The summed E-state index contributed by atoms with van der Waals surface area (Å²) in [6, 6.07) is 11.7. The molecule has 1 atom stereocenters. The Bertz CT molecular complexity index is 952. The van der Waals surface area contributed by atoms with Crippen LogP contribution < -0.4 is 14.4 Å². The number of para-hydroxylation sites is 2. The van der Waals surface area contributed by atoms with Crippen LogP contribution in [0.2, 0.25) is 5.02 Å². The number of nitrogens with zero attached hydrogens (tertiary/aromatic N) is 1. The summed E-state index contributed by atoms with van der Waals surface area (Å²) >= 11 is 9.32. The molecule has 1 amide bonds. The van der Waals surface area contributed by atoms with Gasteiger partial charge in [-0.1, -0.05) is 23.7 Å². The molecule has 0 aliphatic carbocycles. The van der Waals surface area contributed by atoms with E-state index in [1.54, 1.807) is 49.4 Å². The maximum atomic E-state index is 12.6. The molecule has 26 heavy (non-hydrogen) atoms. The normalized spacial score (nSPS) is 16.6. The average molecular weight is 460 g/mol. The lowest BCUT2D eigenvalue weighted by Crippen LogP contribution is -2.49. The lowest BCUT2D eigenvalue weighted by atomic mass is 10.2. The van der Waals surface area contributed by atoms with Gasteiger partial charge in [-0.25, -0.2) is 8.42 Å². The lowest BCUT2D eigenvalue weighted by Gasteiger charge is -2.34. The summed E-state index contributed by atoms with van der Waals surface area (Å²) in [7, 11) is -3.54. The molecule has 1 aliphatic heterocycles. The van der Waals surface area contributed by atoms with Crippen LogP contribution in [0.5, 0.6) is 5.75 Å². The fourth-order valence-corrected chi connectivity index (χ4v) is 4.11. The van der Waals surface area contributed by atoms with Crippen LogP contribution in [0.1, 0.15) is 6.92 Å². The summed E-state index contributed by atoms with van der Waals surface area (Å²) in [5.41, 5.74) is 0.931. The molecule has 0 spiro atoms. The molecule has 0 bridgehead atoms. The molecule has 3 rings (SSSR count). The van der Waals surface area contributed by atoms with Crippen LogP contribution in [-0.4, -0.2) is 32.7 Å². The van der Waals surface area contributed by atoms with Crippen molar-refractivity contribution in [3.8, 4) is 5.75 Å². The van der Waals surface area contributed by atoms with E-state index in [-0.39, 0.29) is 12.3 Å². The van der Waals surface area contributed by atoms with E-state index >= 15 is 0 Å². The van der Waals surface area contributed by atoms with E-state index in [1.165, 1.54) is 4.31 Å². The molecule has 0 saturated heterocycles. The van der Waals surface area contributed by atoms with Gasteiger partial charge in [-0.15, -0.1) is 0 Å². The van der Waals surface area contributed by atoms with Crippen molar-refractivity contribution in [2.45, 2.75) is 13.0 Å². The van der Waals surface area contributed by atoms with Gasteiger partial charge in [0.2, 0.25) is 10.0 Å². The quantitative estimate of drug-likeness (QED) is 0.757. The van der Waals surface area contributed by atoms with Gasteiger partial charge in [0.25, 0.3) is 5.91 Å². The maximum absolute atomic E-state index is 12.6. The summed E-state index contributed by atoms with van der Waals surface area (Å²) in [5.74, 6) is -0.170.